The van der Waals surface area contributed by atoms with E-state index in [2.05, 4.69) is 10.3 Å². The van der Waals surface area contributed by atoms with Gasteiger partial charge in [-0.2, -0.15) is 0 Å². The summed E-state index contributed by atoms with van der Waals surface area (Å²) >= 11 is 0. The van der Waals surface area contributed by atoms with Gasteiger partial charge in [0.25, 0.3) is 0 Å². The lowest BCUT2D eigenvalue weighted by molar-refractivity contribution is -0.210. The van der Waals surface area contributed by atoms with Gasteiger partial charge in [-0.1, -0.05) is 72.8 Å². The van der Waals surface area contributed by atoms with Crippen LogP contribution >= 0.6 is 0 Å². The Hall–Kier alpha value is -4.29. The van der Waals surface area contributed by atoms with Crippen LogP contribution in [0.5, 0.6) is 5.75 Å². The number of nitrogens with zero attached hydrogens (tertiary/aromatic N) is 4. The number of methoxy groups -OCH3 is 1. The van der Waals surface area contributed by atoms with Crippen molar-refractivity contribution in [2.75, 3.05) is 40.9 Å². The number of aliphatic hydroxyl groups is 1. The lowest BCUT2D eigenvalue weighted by Crippen LogP contribution is -2.76. The smallest absolute Gasteiger partial charge is 0.305 e. The average molecular weight is 618 g/mol. The number of hydrazine groups is 1. The molecule has 0 spiro atoms. The van der Waals surface area contributed by atoms with Gasteiger partial charge >= 0.3 is 5.97 Å². The number of ether oxygens (including phenoxy) is 1. The molecule has 2 aliphatic heterocycles. The molecule has 3 aromatic rings. The number of carbonyl (C=O) groups excluding carboxylic acids is 2. The van der Waals surface area contributed by atoms with Crippen molar-refractivity contribution in [1.82, 2.24) is 25.1 Å². The minimum absolute atomic E-state index is 0.0467. The summed E-state index contributed by atoms with van der Waals surface area (Å²) in [4.78, 5) is 42.6. The van der Waals surface area contributed by atoms with E-state index in [0.29, 0.717) is 13.1 Å². The first-order valence-corrected chi connectivity index (χ1v) is 15.0. The van der Waals surface area contributed by atoms with Gasteiger partial charge in [0.2, 0.25) is 11.8 Å². The molecule has 2 heterocycles. The highest BCUT2D eigenvalue weighted by molar-refractivity contribution is 5.93. The highest BCUT2D eigenvalue weighted by atomic mass is 16.5. The molecular weight excluding hydrogens is 574 g/mol. The summed E-state index contributed by atoms with van der Waals surface area (Å²) in [6.07, 6.45) is -1.23. The summed E-state index contributed by atoms with van der Waals surface area (Å²) < 4.78 is 5.27. The average Bonchev–Trinajstić information content (AvgIpc) is 3.06. The highest BCUT2D eigenvalue weighted by Crippen LogP contribution is 2.32. The Labute approximate surface area is 264 Å². The van der Waals surface area contributed by atoms with Crippen LogP contribution in [0.25, 0.3) is 0 Å². The Bertz CT molecular complexity index is 1370. The SMILES string of the molecule is CO.COc1ccc(CNC(C)N2[C@H]3CN(CC(c4ccccc4)c4ccccc4)C(=O)[C@H](CC(=O)O)N3C(=O)CN2C)cc1. The quantitative estimate of drug-likeness (QED) is 0.298. The number of carbonyl (C=O) groups is 3. The first-order chi connectivity index (χ1) is 21.8. The molecule has 0 bridgehead atoms. The molecule has 11 nitrogen and oxygen atoms in total. The van der Waals surface area contributed by atoms with Gasteiger partial charge in [-0.3, -0.25) is 19.7 Å². The summed E-state index contributed by atoms with van der Waals surface area (Å²) in [6.45, 7) is 3.23. The number of hydrogen-bond donors (Lipinski definition) is 3. The standard InChI is InChI=1S/C33H39N5O5.CH4O/c1-23(34-19-24-14-16-27(43-3)17-15-24)38-30-21-36(33(42)29(18-32(40)41)37(30)31(39)22-35(38)2)20-28(25-10-6-4-7-11-25)26-12-8-5-9-13-26;1-2/h4-17,23,28-30,34H,18-22H2,1-3H3,(H,40,41);2H,1H3/t23?,29-,30-;/m0./s1. The molecule has 0 aliphatic carbocycles. The van der Waals surface area contributed by atoms with E-state index in [1.54, 1.807) is 12.0 Å². The Morgan fingerprint density at radius 1 is 0.956 bits per heavy atom. The third-order valence-corrected chi connectivity index (χ3v) is 8.32. The van der Waals surface area contributed by atoms with Crippen LogP contribution in [-0.2, 0) is 20.9 Å². The van der Waals surface area contributed by atoms with Crippen molar-refractivity contribution in [3.8, 4) is 5.75 Å². The van der Waals surface area contributed by atoms with Crippen LogP contribution in [0, 0.1) is 0 Å². The van der Waals surface area contributed by atoms with Gasteiger partial charge < -0.3 is 24.7 Å². The second kappa shape index (κ2) is 15.6. The molecule has 11 heteroatoms. The summed E-state index contributed by atoms with van der Waals surface area (Å²) in [7, 11) is 4.48. The molecule has 0 saturated carbocycles. The lowest BCUT2D eigenvalue weighted by atomic mass is 9.90. The molecule has 1 unspecified atom stereocenters. The van der Waals surface area contributed by atoms with Crippen LogP contribution in [0.4, 0.5) is 0 Å². The Morgan fingerprint density at radius 2 is 1.53 bits per heavy atom. The predicted molar refractivity (Wildman–Crippen MR) is 170 cm³/mol. The second-order valence-electron chi connectivity index (χ2n) is 11.1. The fourth-order valence-corrected chi connectivity index (χ4v) is 6.22. The normalized spacial score (nSPS) is 19.5. The topological polar surface area (TPSA) is 126 Å². The Balaban J connectivity index is 0.00000226. The van der Waals surface area contributed by atoms with E-state index < -0.39 is 24.6 Å². The molecule has 3 atom stereocenters. The minimum atomic E-state index is -1.12. The van der Waals surface area contributed by atoms with Crippen molar-refractivity contribution >= 4 is 17.8 Å². The lowest BCUT2D eigenvalue weighted by Gasteiger charge is -2.56. The van der Waals surface area contributed by atoms with Crippen molar-refractivity contribution < 1.29 is 29.3 Å². The van der Waals surface area contributed by atoms with Crippen LogP contribution in [0.1, 0.15) is 36.0 Å². The van der Waals surface area contributed by atoms with Crippen LogP contribution in [0.3, 0.4) is 0 Å². The number of amides is 2. The molecule has 3 aromatic carbocycles. The second-order valence-corrected chi connectivity index (χ2v) is 11.1. The van der Waals surface area contributed by atoms with Gasteiger partial charge in [0, 0.05) is 33.2 Å². The van der Waals surface area contributed by atoms with Crippen LogP contribution in [0.15, 0.2) is 84.9 Å². The van der Waals surface area contributed by atoms with Gasteiger partial charge in [0.15, 0.2) is 0 Å². The van der Waals surface area contributed by atoms with Gasteiger partial charge in [-0.15, -0.1) is 0 Å². The van der Waals surface area contributed by atoms with E-state index in [-0.39, 0.29) is 37.0 Å². The molecule has 2 aliphatic rings. The van der Waals surface area contributed by atoms with Crippen molar-refractivity contribution in [2.45, 2.75) is 44.2 Å². The molecule has 2 saturated heterocycles. The van der Waals surface area contributed by atoms with Crippen molar-refractivity contribution in [3.63, 3.8) is 0 Å². The molecule has 2 fully saturated rings. The van der Waals surface area contributed by atoms with E-state index in [0.717, 1.165) is 29.5 Å². The van der Waals surface area contributed by atoms with E-state index in [9.17, 15) is 19.5 Å². The number of piperazine rings is 1. The number of carboxylic acid groups (broad SMARTS) is 1. The predicted octanol–water partition coefficient (Wildman–Crippen LogP) is 2.57. The Kier molecular flexibility index (Phi) is 11.7. The zero-order valence-electron chi connectivity index (χ0n) is 26.2. The number of benzene rings is 3. The zero-order valence-corrected chi connectivity index (χ0v) is 26.2. The van der Waals surface area contributed by atoms with E-state index in [1.165, 1.54) is 4.90 Å². The maximum Gasteiger partial charge on any atom is 0.305 e. The van der Waals surface area contributed by atoms with Gasteiger partial charge in [-0.25, -0.2) is 10.0 Å². The molecule has 2 amide bonds. The fourth-order valence-electron chi connectivity index (χ4n) is 6.22. The highest BCUT2D eigenvalue weighted by Gasteiger charge is 2.51. The van der Waals surface area contributed by atoms with Crippen molar-refractivity contribution in [1.29, 1.82) is 0 Å². The first-order valence-electron chi connectivity index (χ1n) is 15.0. The van der Waals surface area contributed by atoms with Crippen LogP contribution in [0.2, 0.25) is 0 Å². The summed E-state index contributed by atoms with van der Waals surface area (Å²) in [5.41, 5.74) is 3.18. The third kappa shape index (κ3) is 7.87. The number of fused-ring (bicyclic) bond motifs is 1. The minimum Gasteiger partial charge on any atom is -0.497 e. The maximum absolute atomic E-state index is 14.0. The largest absolute Gasteiger partial charge is 0.497 e. The fraction of sp³-hybridized carbons (Fsp3) is 0.382. The molecule has 3 N–H and O–H groups in total. The first kappa shape index (κ1) is 33.6. The number of likely N-dealkylation sites (N-methyl/N-ethyl adjacent to an activating group) is 1. The maximum atomic E-state index is 14.0. The summed E-state index contributed by atoms with van der Waals surface area (Å²) in [5, 5.41) is 24.3. The number of aliphatic hydroxyl groups excluding tert-OH is 1. The van der Waals surface area contributed by atoms with E-state index in [4.69, 9.17) is 9.84 Å². The van der Waals surface area contributed by atoms with Crippen LogP contribution in [-0.4, -0.2) is 107 Å². The molecule has 45 heavy (non-hydrogen) atoms. The van der Waals surface area contributed by atoms with Gasteiger partial charge in [0.05, 0.1) is 32.8 Å². The summed E-state index contributed by atoms with van der Waals surface area (Å²) in [6, 6.07) is 26.7. The zero-order chi connectivity index (χ0) is 32.5. The number of carboxylic acids is 1. The summed E-state index contributed by atoms with van der Waals surface area (Å²) in [5.74, 6) is -1.06. The van der Waals surface area contributed by atoms with Crippen molar-refractivity contribution in [2.24, 2.45) is 0 Å². The molecule has 0 radical (unpaired) electrons. The molecule has 240 valence electrons. The molecule has 0 aromatic heterocycles. The van der Waals surface area contributed by atoms with E-state index >= 15 is 0 Å². The van der Waals surface area contributed by atoms with E-state index in [1.807, 2.05) is 104 Å². The number of hydrogen-bond acceptors (Lipinski definition) is 8. The Morgan fingerprint density at radius 3 is 2.07 bits per heavy atom. The molecular formula is C34H43N5O6. The van der Waals surface area contributed by atoms with Gasteiger partial charge in [-0.05, 0) is 35.7 Å². The van der Waals surface area contributed by atoms with Crippen molar-refractivity contribution in [3.05, 3.63) is 102 Å². The monoisotopic (exact) mass is 617 g/mol. The number of nitrogens with one attached hydrogen (secondary N) is 1. The number of aliphatic carboxylic acids is 1. The number of rotatable bonds is 11. The van der Waals surface area contributed by atoms with Gasteiger partial charge in [0.1, 0.15) is 18.0 Å². The third-order valence-electron chi connectivity index (χ3n) is 8.32. The van der Waals surface area contributed by atoms with Crippen LogP contribution < -0.4 is 10.1 Å². The molecule has 5 rings (SSSR count).